The molecule has 1 aromatic carbocycles. The van der Waals surface area contributed by atoms with Gasteiger partial charge in [0, 0.05) is 17.8 Å². The van der Waals surface area contributed by atoms with Crippen LogP contribution in [0.15, 0.2) is 24.3 Å². The molecule has 4 nitrogen and oxygen atoms in total. The van der Waals surface area contributed by atoms with Gasteiger partial charge in [-0.05, 0) is 45.4 Å². The Kier molecular flexibility index (Phi) is 6.68. The van der Waals surface area contributed by atoms with Crippen LogP contribution < -0.4 is 10.1 Å². The lowest BCUT2D eigenvalue weighted by molar-refractivity contribution is 0.242. The molecular weight excluding hydrogens is 286 g/mol. The number of hydrogen-bond acceptors (Lipinski definition) is 4. The van der Waals surface area contributed by atoms with E-state index in [2.05, 4.69) is 5.32 Å². The van der Waals surface area contributed by atoms with Crippen LogP contribution in [0.2, 0.25) is 0 Å². The Labute approximate surface area is 128 Å². The van der Waals surface area contributed by atoms with E-state index >= 15 is 0 Å². The second-order valence-electron chi connectivity index (χ2n) is 5.72. The van der Waals surface area contributed by atoms with Crippen molar-refractivity contribution in [2.45, 2.75) is 52.8 Å². The van der Waals surface area contributed by atoms with Gasteiger partial charge in [-0.2, -0.15) is 0 Å². The molecule has 0 saturated carbocycles. The molecule has 2 unspecified atom stereocenters. The lowest BCUT2D eigenvalue weighted by atomic mass is 10.1. The number of ether oxygens (including phenoxy) is 1. The quantitative estimate of drug-likeness (QED) is 0.801. The third-order valence-corrected chi connectivity index (χ3v) is 5.12. The maximum Gasteiger partial charge on any atom is 0.151 e. The van der Waals surface area contributed by atoms with Crippen LogP contribution in [0.5, 0.6) is 5.75 Å². The minimum Gasteiger partial charge on any atom is -0.491 e. The van der Waals surface area contributed by atoms with E-state index < -0.39 is 9.84 Å². The normalized spacial score (nSPS) is 15.0. The van der Waals surface area contributed by atoms with Gasteiger partial charge in [-0.1, -0.05) is 19.1 Å². The van der Waals surface area contributed by atoms with E-state index in [0.29, 0.717) is 0 Å². The molecule has 0 spiro atoms. The summed E-state index contributed by atoms with van der Waals surface area (Å²) in [6.45, 7) is 9.61. The molecular formula is C16H27NO3S. The zero-order valence-electron chi connectivity index (χ0n) is 13.6. The molecule has 1 rings (SSSR count). The van der Waals surface area contributed by atoms with Gasteiger partial charge in [0.05, 0.1) is 11.9 Å². The Balaban J connectivity index is 2.61. The van der Waals surface area contributed by atoms with Crippen molar-refractivity contribution < 1.29 is 13.2 Å². The lowest BCUT2D eigenvalue weighted by Crippen LogP contribution is -2.35. The fraction of sp³-hybridized carbons (Fsp3) is 0.625. The van der Waals surface area contributed by atoms with Crippen LogP contribution in [-0.2, 0) is 9.84 Å². The molecule has 0 heterocycles. The van der Waals surface area contributed by atoms with Crippen LogP contribution in [0, 0.1) is 0 Å². The Morgan fingerprint density at radius 3 is 2.14 bits per heavy atom. The molecule has 0 aliphatic carbocycles. The van der Waals surface area contributed by atoms with Crippen LogP contribution in [0.1, 0.15) is 46.2 Å². The highest BCUT2D eigenvalue weighted by atomic mass is 32.2. The molecule has 0 aromatic heterocycles. The highest BCUT2D eigenvalue weighted by molar-refractivity contribution is 7.91. The number of hydrogen-bond donors (Lipinski definition) is 1. The third kappa shape index (κ3) is 6.48. The largest absolute Gasteiger partial charge is 0.491 e. The number of nitrogens with one attached hydrogen (secondary N) is 1. The average molecular weight is 313 g/mol. The Hall–Kier alpha value is -1.07. The lowest BCUT2D eigenvalue weighted by Gasteiger charge is -2.20. The molecule has 0 fully saturated rings. The first kappa shape index (κ1) is 18.0. The van der Waals surface area contributed by atoms with Crippen LogP contribution >= 0.6 is 0 Å². The zero-order chi connectivity index (χ0) is 16.0. The minimum absolute atomic E-state index is 0.0726. The number of rotatable bonds is 8. The second-order valence-corrected chi connectivity index (χ2v) is 8.12. The molecule has 1 aromatic rings. The third-order valence-electron chi connectivity index (χ3n) is 3.23. The predicted molar refractivity (Wildman–Crippen MR) is 87.5 cm³/mol. The summed E-state index contributed by atoms with van der Waals surface area (Å²) < 4.78 is 28.8. The molecule has 0 saturated heterocycles. The first-order valence-electron chi connectivity index (χ1n) is 7.46. The summed E-state index contributed by atoms with van der Waals surface area (Å²) >= 11 is 0. The van der Waals surface area contributed by atoms with Gasteiger partial charge in [0.2, 0.25) is 0 Å². The van der Waals surface area contributed by atoms with E-state index in [1.54, 1.807) is 6.92 Å². The second kappa shape index (κ2) is 7.80. The molecule has 1 N–H and O–H groups in total. The monoisotopic (exact) mass is 313 g/mol. The molecule has 0 amide bonds. The summed E-state index contributed by atoms with van der Waals surface area (Å²) in [4.78, 5) is 0. The summed E-state index contributed by atoms with van der Waals surface area (Å²) in [6, 6.07) is 7.94. The van der Waals surface area contributed by atoms with Gasteiger partial charge < -0.3 is 10.1 Å². The van der Waals surface area contributed by atoms with E-state index in [1.165, 1.54) is 0 Å². The summed E-state index contributed by atoms with van der Waals surface area (Å²) in [5.74, 6) is 1.21. The van der Waals surface area contributed by atoms with Crippen molar-refractivity contribution in [1.82, 2.24) is 5.32 Å². The van der Waals surface area contributed by atoms with E-state index in [4.69, 9.17) is 4.74 Å². The van der Waals surface area contributed by atoms with Crippen LogP contribution in [0.4, 0.5) is 0 Å². The highest BCUT2D eigenvalue weighted by Crippen LogP contribution is 2.19. The first-order chi connectivity index (χ1) is 9.73. The van der Waals surface area contributed by atoms with Crippen molar-refractivity contribution in [2.75, 3.05) is 11.5 Å². The minimum atomic E-state index is -2.95. The number of benzene rings is 1. The fourth-order valence-corrected chi connectivity index (χ4v) is 3.27. The Morgan fingerprint density at radius 2 is 1.67 bits per heavy atom. The first-order valence-corrected chi connectivity index (χ1v) is 9.28. The smallest absolute Gasteiger partial charge is 0.151 e. The van der Waals surface area contributed by atoms with Gasteiger partial charge in [0.25, 0.3) is 0 Å². The van der Waals surface area contributed by atoms with Gasteiger partial charge >= 0.3 is 0 Å². The molecule has 5 heteroatoms. The number of sulfone groups is 1. The Bertz CT molecular complexity index is 523. The maximum absolute atomic E-state index is 11.6. The van der Waals surface area contributed by atoms with Crippen LogP contribution in [-0.4, -0.2) is 32.1 Å². The molecule has 0 aliphatic rings. The Morgan fingerprint density at radius 1 is 1.10 bits per heavy atom. The zero-order valence-corrected chi connectivity index (χ0v) is 14.4. The molecule has 0 aliphatic heterocycles. The summed E-state index contributed by atoms with van der Waals surface area (Å²) in [7, 11) is -2.95. The van der Waals surface area contributed by atoms with Crippen LogP contribution in [0.25, 0.3) is 0 Å². The SMILES string of the molecule is CCS(=O)(=O)CC(C)NC(C)c1ccc(OC(C)C)cc1. The van der Waals surface area contributed by atoms with Gasteiger partial charge in [0.15, 0.2) is 9.84 Å². The van der Waals surface area contributed by atoms with Gasteiger partial charge in [0.1, 0.15) is 5.75 Å². The van der Waals surface area contributed by atoms with Crippen molar-refractivity contribution in [3.8, 4) is 5.75 Å². The van der Waals surface area contributed by atoms with E-state index in [1.807, 2.05) is 52.0 Å². The van der Waals surface area contributed by atoms with Gasteiger partial charge in [-0.3, -0.25) is 0 Å². The van der Waals surface area contributed by atoms with Gasteiger partial charge in [-0.25, -0.2) is 8.42 Å². The van der Waals surface area contributed by atoms with Crippen molar-refractivity contribution in [1.29, 1.82) is 0 Å². The maximum atomic E-state index is 11.6. The fourth-order valence-electron chi connectivity index (χ4n) is 2.18. The average Bonchev–Trinajstić information content (AvgIpc) is 2.38. The van der Waals surface area contributed by atoms with E-state index in [0.717, 1.165) is 11.3 Å². The summed E-state index contributed by atoms with van der Waals surface area (Å²) in [6.07, 6.45) is 0.158. The standard InChI is InChI=1S/C16H27NO3S/c1-6-21(18,19)11-13(4)17-14(5)15-7-9-16(10-8-15)20-12(2)3/h7-10,12-14,17H,6,11H2,1-5H3. The highest BCUT2D eigenvalue weighted by Gasteiger charge is 2.16. The topological polar surface area (TPSA) is 55.4 Å². The van der Waals surface area contributed by atoms with Crippen molar-refractivity contribution in [2.24, 2.45) is 0 Å². The molecule has 0 bridgehead atoms. The van der Waals surface area contributed by atoms with E-state index in [-0.39, 0.29) is 29.7 Å². The van der Waals surface area contributed by atoms with Crippen molar-refractivity contribution in [3.63, 3.8) is 0 Å². The predicted octanol–water partition coefficient (Wildman–Crippen LogP) is 2.95. The van der Waals surface area contributed by atoms with E-state index in [9.17, 15) is 8.42 Å². The van der Waals surface area contributed by atoms with Crippen LogP contribution in [0.3, 0.4) is 0 Å². The molecule has 0 radical (unpaired) electrons. The summed E-state index contributed by atoms with van der Waals surface area (Å²) in [5, 5.41) is 3.33. The van der Waals surface area contributed by atoms with Crippen molar-refractivity contribution >= 4 is 9.84 Å². The van der Waals surface area contributed by atoms with Gasteiger partial charge in [-0.15, -0.1) is 0 Å². The summed E-state index contributed by atoms with van der Waals surface area (Å²) in [5.41, 5.74) is 1.12. The molecule has 120 valence electrons. The molecule has 21 heavy (non-hydrogen) atoms. The van der Waals surface area contributed by atoms with Crippen molar-refractivity contribution in [3.05, 3.63) is 29.8 Å². The molecule has 2 atom stereocenters.